The zero-order valence-electron chi connectivity index (χ0n) is 12.5. The van der Waals surface area contributed by atoms with Gasteiger partial charge < -0.3 is 9.67 Å². The molecule has 0 saturated heterocycles. The molecule has 0 fully saturated rings. The largest absolute Gasteiger partial charge is 0.478 e. The first-order valence-electron chi connectivity index (χ1n) is 6.98. The van der Waals surface area contributed by atoms with E-state index in [1.165, 1.54) is 0 Å². The number of imidazole rings is 1. The van der Waals surface area contributed by atoms with Gasteiger partial charge in [0.05, 0.1) is 16.6 Å². The number of carbonyl (C=O) groups is 1. The van der Waals surface area contributed by atoms with Gasteiger partial charge in [-0.2, -0.15) is 0 Å². The van der Waals surface area contributed by atoms with Gasteiger partial charge in [-0.05, 0) is 24.6 Å². The number of carboxylic acid groups (broad SMARTS) is 1. The van der Waals surface area contributed by atoms with E-state index in [9.17, 15) is 9.00 Å². The number of aryl methyl sites for hydroxylation is 2. The standard InChI is InChI=1S/C15H20N2O3S/c1-4-14-16-12-9-11(15(18)19)5-6-13(12)17(14)8-7-10(2)21(3)20/h5-6,9-10H,4,7-8H2,1-3H3,(H,18,19). The van der Waals surface area contributed by atoms with Gasteiger partial charge in [-0.1, -0.05) is 13.8 Å². The first-order chi connectivity index (χ1) is 9.93. The minimum Gasteiger partial charge on any atom is -0.478 e. The van der Waals surface area contributed by atoms with Gasteiger partial charge in [0, 0.05) is 35.3 Å². The van der Waals surface area contributed by atoms with E-state index in [-0.39, 0.29) is 10.8 Å². The van der Waals surface area contributed by atoms with Crippen molar-refractivity contribution in [1.29, 1.82) is 0 Å². The molecule has 0 aliphatic heterocycles. The Morgan fingerprint density at radius 1 is 1.48 bits per heavy atom. The number of nitrogens with zero attached hydrogens (tertiary/aromatic N) is 2. The molecule has 1 aromatic carbocycles. The summed E-state index contributed by atoms with van der Waals surface area (Å²) in [4.78, 5) is 15.5. The molecule has 1 heterocycles. The van der Waals surface area contributed by atoms with Crippen LogP contribution in [-0.2, 0) is 23.8 Å². The van der Waals surface area contributed by atoms with Gasteiger partial charge in [-0.25, -0.2) is 9.78 Å². The summed E-state index contributed by atoms with van der Waals surface area (Å²) < 4.78 is 13.6. The molecular formula is C15H20N2O3S. The van der Waals surface area contributed by atoms with Gasteiger partial charge in [-0.15, -0.1) is 0 Å². The zero-order valence-corrected chi connectivity index (χ0v) is 13.3. The Balaban J connectivity index is 2.37. The van der Waals surface area contributed by atoms with Crippen molar-refractivity contribution in [1.82, 2.24) is 9.55 Å². The van der Waals surface area contributed by atoms with Crippen molar-refractivity contribution in [3.05, 3.63) is 29.6 Å². The highest BCUT2D eigenvalue weighted by Crippen LogP contribution is 2.20. The van der Waals surface area contributed by atoms with Crippen LogP contribution in [0.25, 0.3) is 11.0 Å². The number of carboxylic acids is 1. The van der Waals surface area contributed by atoms with Gasteiger partial charge in [-0.3, -0.25) is 4.21 Å². The molecule has 1 aromatic heterocycles. The van der Waals surface area contributed by atoms with Crippen LogP contribution in [0, 0.1) is 0 Å². The minimum absolute atomic E-state index is 0.130. The number of hydrogen-bond donors (Lipinski definition) is 1. The van der Waals surface area contributed by atoms with Crippen molar-refractivity contribution in [3.63, 3.8) is 0 Å². The van der Waals surface area contributed by atoms with E-state index in [0.717, 1.165) is 30.7 Å². The summed E-state index contributed by atoms with van der Waals surface area (Å²) >= 11 is 0. The molecule has 0 spiro atoms. The summed E-state index contributed by atoms with van der Waals surface area (Å²) in [6, 6.07) is 5.01. The lowest BCUT2D eigenvalue weighted by Gasteiger charge is -2.11. The van der Waals surface area contributed by atoms with E-state index < -0.39 is 16.8 Å². The molecule has 2 rings (SSSR count). The SMILES string of the molecule is CCc1nc2cc(C(=O)O)ccc2n1CCC(C)S(C)=O. The molecule has 0 saturated carbocycles. The predicted molar refractivity (Wildman–Crippen MR) is 84.2 cm³/mol. The Kier molecular flexibility index (Phi) is 4.77. The normalized spacial score (nSPS) is 14.2. The third kappa shape index (κ3) is 3.32. The molecular weight excluding hydrogens is 288 g/mol. The van der Waals surface area contributed by atoms with Crippen LogP contribution in [0.2, 0.25) is 0 Å². The minimum atomic E-state index is -0.945. The van der Waals surface area contributed by atoms with Gasteiger partial charge in [0.15, 0.2) is 0 Å². The molecule has 0 radical (unpaired) electrons. The summed E-state index contributed by atoms with van der Waals surface area (Å²) in [5.41, 5.74) is 1.89. The maximum Gasteiger partial charge on any atom is 0.335 e. The van der Waals surface area contributed by atoms with Crippen LogP contribution in [0.1, 0.15) is 36.5 Å². The quantitative estimate of drug-likeness (QED) is 0.889. The highest BCUT2D eigenvalue weighted by atomic mass is 32.2. The maximum atomic E-state index is 11.5. The molecule has 5 nitrogen and oxygen atoms in total. The lowest BCUT2D eigenvalue weighted by Crippen LogP contribution is -2.14. The Bertz CT molecular complexity index is 694. The van der Waals surface area contributed by atoms with Crippen molar-refractivity contribution in [2.24, 2.45) is 0 Å². The molecule has 1 N–H and O–H groups in total. The smallest absolute Gasteiger partial charge is 0.335 e. The maximum absolute atomic E-state index is 11.5. The molecule has 2 atom stereocenters. The summed E-state index contributed by atoms with van der Waals surface area (Å²) in [5.74, 6) is -0.0128. The molecule has 6 heteroatoms. The first kappa shape index (κ1) is 15.7. The molecule has 2 unspecified atom stereocenters. The second kappa shape index (κ2) is 6.39. The first-order valence-corrected chi connectivity index (χ1v) is 8.60. The highest BCUT2D eigenvalue weighted by molar-refractivity contribution is 7.84. The van der Waals surface area contributed by atoms with Crippen LogP contribution < -0.4 is 0 Å². The van der Waals surface area contributed by atoms with E-state index >= 15 is 0 Å². The topological polar surface area (TPSA) is 72.2 Å². The van der Waals surface area contributed by atoms with Crippen LogP contribution in [0.3, 0.4) is 0 Å². The molecule has 0 aliphatic carbocycles. The van der Waals surface area contributed by atoms with Crippen molar-refractivity contribution in [2.75, 3.05) is 6.26 Å². The Hall–Kier alpha value is -1.69. The second-order valence-corrected chi connectivity index (χ2v) is 6.94. The summed E-state index contributed by atoms with van der Waals surface area (Å²) in [7, 11) is -0.835. The van der Waals surface area contributed by atoms with Crippen molar-refractivity contribution in [2.45, 2.75) is 38.5 Å². The summed E-state index contributed by atoms with van der Waals surface area (Å²) in [6.07, 6.45) is 3.31. The van der Waals surface area contributed by atoms with Gasteiger partial charge in [0.25, 0.3) is 0 Å². The average Bonchev–Trinajstić information content (AvgIpc) is 2.81. The van der Waals surface area contributed by atoms with E-state index in [0.29, 0.717) is 5.52 Å². The Labute approximate surface area is 126 Å². The number of aromatic carboxylic acids is 1. The van der Waals surface area contributed by atoms with E-state index in [1.54, 1.807) is 24.5 Å². The van der Waals surface area contributed by atoms with Crippen LogP contribution in [0.15, 0.2) is 18.2 Å². The fourth-order valence-corrected chi connectivity index (χ4v) is 2.75. The van der Waals surface area contributed by atoms with Crippen LogP contribution in [-0.4, -0.2) is 36.3 Å². The average molecular weight is 308 g/mol. The third-order valence-corrected chi connectivity index (χ3v) is 5.09. The van der Waals surface area contributed by atoms with Crippen LogP contribution in [0.5, 0.6) is 0 Å². The number of hydrogen-bond acceptors (Lipinski definition) is 3. The van der Waals surface area contributed by atoms with E-state index in [4.69, 9.17) is 5.11 Å². The van der Waals surface area contributed by atoms with Crippen LogP contribution in [0.4, 0.5) is 0 Å². The van der Waals surface area contributed by atoms with Crippen molar-refractivity contribution >= 4 is 27.8 Å². The lowest BCUT2D eigenvalue weighted by atomic mass is 10.2. The number of rotatable bonds is 6. The van der Waals surface area contributed by atoms with E-state index in [1.807, 2.05) is 13.8 Å². The Morgan fingerprint density at radius 2 is 2.19 bits per heavy atom. The van der Waals surface area contributed by atoms with E-state index in [2.05, 4.69) is 9.55 Å². The van der Waals surface area contributed by atoms with Gasteiger partial charge in [0.1, 0.15) is 5.82 Å². The van der Waals surface area contributed by atoms with Crippen molar-refractivity contribution in [3.8, 4) is 0 Å². The van der Waals surface area contributed by atoms with Crippen molar-refractivity contribution < 1.29 is 14.1 Å². The molecule has 2 aromatic rings. The second-order valence-electron chi connectivity index (χ2n) is 5.14. The molecule has 0 bridgehead atoms. The number of fused-ring (bicyclic) bond motifs is 1. The lowest BCUT2D eigenvalue weighted by molar-refractivity contribution is 0.0697. The molecule has 21 heavy (non-hydrogen) atoms. The zero-order chi connectivity index (χ0) is 15.6. The summed E-state index contributed by atoms with van der Waals surface area (Å²) in [5, 5.41) is 9.18. The molecule has 0 aliphatic rings. The monoisotopic (exact) mass is 308 g/mol. The highest BCUT2D eigenvalue weighted by Gasteiger charge is 2.14. The molecule has 0 amide bonds. The third-order valence-electron chi connectivity index (χ3n) is 3.72. The Morgan fingerprint density at radius 3 is 2.76 bits per heavy atom. The molecule has 114 valence electrons. The van der Waals surface area contributed by atoms with Gasteiger partial charge in [0.2, 0.25) is 0 Å². The fourth-order valence-electron chi connectivity index (χ4n) is 2.31. The number of aromatic nitrogens is 2. The fraction of sp³-hybridized carbons (Fsp3) is 0.467. The number of benzene rings is 1. The van der Waals surface area contributed by atoms with Crippen LogP contribution >= 0.6 is 0 Å². The van der Waals surface area contributed by atoms with Gasteiger partial charge >= 0.3 is 5.97 Å². The summed E-state index contributed by atoms with van der Waals surface area (Å²) in [6.45, 7) is 4.74. The predicted octanol–water partition coefficient (Wildman–Crippen LogP) is 2.45.